The number of benzene rings is 1. The largest absolute Gasteiger partial charge is 0.493 e. The van der Waals surface area contributed by atoms with Crippen LogP contribution in [0.3, 0.4) is 0 Å². The number of methoxy groups -OCH3 is 3. The maximum absolute atomic E-state index is 14.7. The summed E-state index contributed by atoms with van der Waals surface area (Å²) in [5.41, 5.74) is -0.998. The zero-order valence-corrected chi connectivity index (χ0v) is 31.9. The summed E-state index contributed by atoms with van der Waals surface area (Å²) in [6.45, 7) is 7.89. The molecule has 1 aromatic heterocycles. The second-order valence-corrected chi connectivity index (χ2v) is 17.9. The zero-order valence-electron chi connectivity index (χ0n) is 31.1. The third-order valence-electron chi connectivity index (χ3n) is 14.3. The van der Waals surface area contributed by atoms with Crippen LogP contribution in [0, 0.1) is 40.4 Å². The lowest BCUT2D eigenvalue weighted by molar-refractivity contribution is -0.178. The lowest BCUT2D eigenvalue weighted by Crippen LogP contribution is -2.67. The smallest absolute Gasteiger partial charge is 0.227 e. The van der Waals surface area contributed by atoms with Gasteiger partial charge in [0.2, 0.25) is 5.91 Å². The topological polar surface area (TPSA) is 106 Å². The predicted octanol–water partition coefficient (Wildman–Crippen LogP) is 6.96. The van der Waals surface area contributed by atoms with Crippen molar-refractivity contribution in [3.8, 4) is 11.5 Å². The van der Waals surface area contributed by atoms with Crippen LogP contribution in [0.2, 0.25) is 0 Å². The fraction of sp³-hybridized carbons (Fsp3) is 0.619. The van der Waals surface area contributed by atoms with Gasteiger partial charge in [-0.2, -0.15) is 0 Å². The van der Waals surface area contributed by atoms with E-state index in [1.807, 2.05) is 42.2 Å². The third-order valence-corrected chi connectivity index (χ3v) is 15.3. The molecule has 6 aliphatic rings. The molecule has 1 unspecified atom stereocenters. The second-order valence-electron chi connectivity index (χ2n) is 16.6. The van der Waals surface area contributed by atoms with E-state index in [9.17, 15) is 19.8 Å². The van der Waals surface area contributed by atoms with Crippen molar-refractivity contribution in [1.82, 2.24) is 4.90 Å². The predicted molar refractivity (Wildman–Crippen MR) is 198 cm³/mol. The molecule has 276 valence electrons. The standard InChI is InChI=1S/C42H55NO7S/c1-27-8-11-33(51-27)37(46)30-25-40-18-19-42(30)34(38(40,2)15-12-29(44)24-40)13-16-39(3)35(42)14-17-41(39,47)26-43(20-7-21-48-4)36(45)23-28-9-10-31(49-5)32(22-28)50-6/h8-11,18-19,22,25,29,34-35,44,47H,7,12-17,20-21,23-24,26H2,1-6H3/t29?,34-,35-,38-,39+,40+,41-,42-/m1/s1. The molecule has 0 saturated heterocycles. The summed E-state index contributed by atoms with van der Waals surface area (Å²) in [5, 5.41) is 24.0. The summed E-state index contributed by atoms with van der Waals surface area (Å²) in [4.78, 5) is 32.6. The molecule has 8 atom stereocenters. The molecule has 0 radical (unpaired) electrons. The molecule has 8 nitrogen and oxygen atoms in total. The van der Waals surface area contributed by atoms with E-state index >= 15 is 0 Å². The number of Topliss-reactive ketones (excluding diaryl/α,β-unsaturated/α-hetero) is 1. The van der Waals surface area contributed by atoms with Crippen LogP contribution in [0.5, 0.6) is 11.5 Å². The number of aliphatic hydroxyl groups is 2. The molecule has 3 fully saturated rings. The molecule has 0 aliphatic heterocycles. The van der Waals surface area contributed by atoms with E-state index in [1.165, 1.54) is 0 Å². The van der Waals surface area contributed by atoms with Crippen LogP contribution in [0.25, 0.3) is 0 Å². The van der Waals surface area contributed by atoms with Crippen molar-refractivity contribution in [2.75, 3.05) is 41.0 Å². The molecule has 8 rings (SSSR count). The van der Waals surface area contributed by atoms with Crippen molar-refractivity contribution in [3.63, 3.8) is 0 Å². The quantitative estimate of drug-likeness (QED) is 0.139. The number of hydrogen-bond acceptors (Lipinski definition) is 8. The molecule has 3 saturated carbocycles. The summed E-state index contributed by atoms with van der Waals surface area (Å²) in [6.07, 6.45) is 12.8. The number of ketones is 1. The van der Waals surface area contributed by atoms with Crippen molar-refractivity contribution < 1.29 is 34.0 Å². The van der Waals surface area contributed by atoms with E-state index in [2.05, 4.69) is 32.1 Å². The lowest BCUT2D eigenvalue weighted by Gasteiger charge is -2.71. The van der Waals surface area contributed by atoms with Crippen LogP contribution in [0.1, 0.15) is 85.3 Å². The number of fused-ring (bicyclic) bond motifs is 1. The molecule has 2 N–H and O–H groups in total. The van der Waals surface area contributed by atoms with Gasteiger partial charge in [0.05, 0.1) is 37.2 Å². The van der Waals surface area contributed by atoms with Crippen LogP contribution in [-0.2, 0) is 16.0 Å². The highest BCUT2D eigenvalue weighted by molar-refractivity contribution is 7.14. The van der Waals surface area contributed by atoms with E-state index in [-0.39, 0.29) is 47.3 Å². The molecule has 2 bridgehead atoms. The SMILES string of the molecule is COCCCN(C[C@]1(O)CC[C@H]2[C@]34C=C[C@@]5(C=C3C(=O)c3ccc(C)s3)CC(O)CC[C@]5(C)[C@H]4CC[C@@]21C)C(=O)Cc1ccc(OC)c(OC)c1. The van der Waals surface area contributed by atoms with Crippen LogP contribution >= 0.6 is 11.3 Å². The van der Waals surface area contributed by atoms with E-state index in [0.717, 1.165) is 53.0 Å². The minimum Gasteiger partial charge on any atom is -0.493 e. The summed E-state index contributed by atoms with van der Waals surface area (Å²) in [5.74, 6) is 1.46. The Labute approximate surface area is 306 Å². The van der Waals surface area contributed by atoms with Gasteiger partial charge in [0.1, 0.15) is 0 Å². The van der Waals surface area contributed by atoms with Gasteiger partial charge >= 0.3 is 0 Å². The van der Waals surface area contributed by atoms with Crippen molar-refractivity contribution in [3.05, 3.63) is 69.5 Å². The third kappa shape index (κ3) is 5.47. The second kappa shape index (κ2) is 13.2. The number of aliphatic hydroxyl groups excluding tert-OH is 1. The molecule has 1 heterocycles. The Bertz CT molecular complexity index is 1750. The molecule has 2 spiro atoms. The van der Waals surface area contributed by atoms with Gasteiger partial charge in [-0.3, -0.25) is 9.59 Å². The molecule has 2 aromatic rings. The molecular formula is C42H55NO7S. The summed E-state index contributed by atoms with van der Waals surface area (Å²) >= 11 is 1.55. The number of aryl methyl sites for hydroxylation is 1. The maximum Gasteiger partial charge on any atom is 0.227 e. The molecule has 1 aromatic carbocycles. The van der Waals surface area contributed by atoms with Gasteiger partial charge in [0, 0.05) is 53.5 Å². The van der Waals surface area contributed by atoms with Crippen LogP contribution < -0.4 is 9.47 Å². The van der Waals surface area contributed by atoms with Crippen molar-refractivity contribution in [1.29, 1.82) is 0 Å². The van der Waals surface area contributed by atoms with Gasteiger partial charge in [0.25, 0.3) is 0 Å². The van der Waals surface area contributed by atoms with Gasteiger partial charge < -0.3 is 29.3 Å². The Morgan fingerprint density at radius 3 is 2.37 bits per heavy atom. The zero-order chi connectivity index (χ0) is 36.4. The maximum atomic E-state index is 14.7. The van der Waals surface area contributed by atoms with Gasteiger partial charge in [-0.05, 0) is 105 Å². The number of hydrogen-bond donors (Lipinski definition) is 2. The normalized spacial score (nSPS) is 36.2. The fourth-order valence-electron chi connectivity index (χ4n) is 11.6. The Hall–Kier alpha value is -2.98. The van der Waals surface area contributed by atoms with E-state index in [1.54, 1.807) is 32.7 Å². The lowest BCUT2D eigenvalue weighted by atomic mass is 9.32. The monoisotopic (exact) mass is 717 g/mol. The highest BCUT2D eigenvalue weighted by Gasteiger charge is 2.74. The minimum atomic E-state index is -1.14. The van der Waals surface area contributed by atoms with Gasteiger partial charge in [-0.25, -0.2) is 0 Å². The molecule has 1 amide bonds. The van der Waals surface area contributed by atoms with Crippen molar-refractivity contribution in [2.24, 2.45) is 33.5 Å². The van der Waals surface area contributed by atoms with Crippen molar-refractivity contribution >= 4 is 23.0 Å². The summed E-state index contributed by atoms with van der Waals surface area (Å²) < 4.78 is 16.3. The Morgan fingerprint density at radius 2 is 1.67 bits per heavy atom. The number of thiophene rings is 1. The molecular weight excluding hydrogens is 663 g/mol. The first-order chi connectivity index (χ1) is 24.3. The number of nitrogens with zero attached hydrogens (tertiary/aromatic N) is 1. The Balaban J connectivity index is 1.24. The first-order valence-corrected chi connectivity index (χ1v) is 19.5. The number of rotatable bonds is 12. The van der Waals surface area contributed by atoms with Gasteiger partial charge in [-0.1, -0.05) is 38.1 Å². The van der Waals surface area contributed by atoms with Gasteiger partial charge in [0.15, 0.2) is 17.3 Å². The number of ether oxygens (including phenoxy) is 3. The van der Waals surface area contributed by atoms with E-state index < -0.39 is 22.5 Å². The van der Waals surface area contributed by atoms with Crippen LogP contribution in [0.4, 0.5) is 0 Å². The average molecular weight is 718 g/mol. The first-order valence-electron chi connectivity index (χ1n) is 18.7. The van der Waals surface area contributed by atoms with E-state index in [0.29, 0.717) is 43.9 Å². The summed E-state index contributed by atoms with van der Waals surface area (Å²) in [7, 11) is 4.84. The highest BCUT2D eigenvalue weighted by Crippen LogP contribution is 2.78. The van der Waals surface area contributed by atoms with Crippen LogP contribution in [0.15, 0.2) is 54.1 Å². The number of carbonyl (C=O) groups excluding carboxylic acids is 2. The first kappa shape index (κ1) is 36.4. The average Bonchev–Trinajstić information content (AvgIpc) is 3.67. The number of carbonyl (C=O) groups is 2. The number of amides is 1. The highest BCUT2D eigenvalue weighted by atomic mass is 32.1. The molecule has 9 heteroatoms. The molecule has 6 aliphatic carbocycles. The van der Waals surface area contributed by atoms with Crippen molar-refractivity contribution in [2.45, 2.75) is 90.3 Å². The van der Waals surface area contributed by atoms with E-state index in [4.69, 9.17) is 14.2 Å². The van der Waals surface area contributed by atoms with Crippen LogP contribution in [-0.4, -0.2) is 79.5 Å². The molecule has 51 heavy (non-hydrogen) atoms. The Kier molecular flexibility index (Phi) is 9.38. The minimum absolute atomic E-state index is 0.0185. The van der Waals surface area contributed by atoms with Gasteiger partial charge in [-0.15, -0.1) is 11.3 Å². The number of allylic oxidation sites excluding steroid dienone is 4. The fourth-order valence-corrected chi connectivity index (χ4v) is 12.4. The Morgan fingerprint density at radius 1 is 0.941 bits per heavy atom. The summed E-state index contributed by atoms with van der Waals surface area (Å²) in [6, 6.07) is 9.53.